The van der Waals surface area contributed by atoms with E-state index in [1.165, 1.54) is 0 Å². The summed E-state index contributed by atoms with van der Waals surface area (Å²) in [5.74, 6) is 0. The lowest BCUT2D eigenvalue weighted by Gasteiger charge is -2.18. The number of rotatable bonds is 8. The third kappa shape index (κ3) is 13.8. The summed E-state index contributed by atoms with van der Waals surface area (Å²) in [5.41, 5.74) is 1.13. The molecule has 0 spiro atoms. The zero-order chi connectivity index (χ0) is 13.5. The molecule has 5 heteroatoms. The third-order valence-electron chi connectivity index (χ3n) is 1.75. The summed E-state index contributed by atoms with van der Waals surface area (Å²) in [7, 11) is -2.81. The molecule has 0 rings (SSSR count). The summed E-state index contributed by atoms with van der Waals surface area (Å²) in [4.78, 5) is 0. The average Bonchev–Trinajstić information content (AvgIpc) is 2.11. The molecule has 0 atom stereocenters. The van der Waals surface area contributed by atoms with Crippen LogP contribution in [0.15, 0.2) is 11.8 Å². The van der Waals surface area contributed by atoms with Crippen LogP contribution in [-0.2, 0) is 13.6 Å². The smallest absolute Gasteiger partial charge is 0.184 e. The summed E-state index contributed by atoms with van der Waals surface area (Å²) in [5, 5.41) is 0. The Kier molecular flexibility index (Phi) is 7.31. The van der Waals surface area contributed by atoms with Crippen molar-refractivity contribution in [2.45, 2.75) is 46.2 Å². The minimum absolute atomic E-state index is 0.620. The molecule has 0 radical (unpaired) electrons. The lowest BCUT2D eigenvalue weighted by atomic mass is 10.4. The number of hydrogen-bond acceptors (Lipinski definition) is 3. The Labute approximate surface area is 108 Å². The molecule has 0 aromatic heterocycles. The highest BCUT2D eigenvalue weighted by Crippen LogP contribution is 2.06. The average molecular weight is 277 g/mol. The number of hydrogen-bond donors (Lipinski definition) is 0. The molecule has 0 aliphatic carbocycles. The van der Waals surface area contributed by atoms with E-state index in [0.29, 0.717) is 19.8 Å². The van der Waals surface area contributed by atoms with Crippen molar-refractivity contribution in [1.29, 1.82) is 0 Å². The molecular formula is C12H28O3Si2. The van der Waals surface area contributed by atoms with Gasteiger partial charge in [0.15, 0.2) is 16.6 Å². The fourth-order valence-electron chi connectivity index (χ4n) is 0.962. The van der Waals surface area contributed by atoms with Crippen LogP contribution < -0.4 is 0 Å². The second kappa shape index (κ2) is 7.36. The van der Waals surface area contributed by atoms with Gasteiger partial charge in [0.1, 0.15) is 6.61 Å². The molecule has 0 unspecified atom stereocenters. The predicted molar refractivity (Wildman–Crippen MR) is 78.3 cm³/mol. The largest absolute Gasteiger partial charge is 0.499 e. The normalized spacial score (nSPS) is 13.9. The molecule has 0 fully saturated rings. The molecule has 0 heterocycles. The minimum Gasteiger partial charge on any atom is -0.499 e. The van der Waals surface area contributed by atoms with Gasteiger partial charge in [0, 0.05) is 0 Å². The van der Waals surface area contributed by atoms with Crippen molar-refractivity contribution in [2.24, 2.45) is 0 Å². The van der Waals surface area contributed by atoms with Crippen LogP contribution in [0.25, 0.3) is 0 Å². The molecular weight excluding hydrogens is 248 g/mol. The Morgan fingerprint density at radius 2 is 1.41 bits per heavy atom. The summed E-state index contributed by atoms with van der Waals surface area (Å²) < 4.78 is 16.9. The van der Waals surface area contributed by atoms with Crippen molar-refractivity contribution >= 4 is 16.6 Å². The lowest BCUT2D eigenvalue weighted by molar-refractivity contribution is 0.172. The Hall–Kier alpha value is -0.106. The first kappa shape index (κ1) is 16.9. The molecule has 0 bridgehead atoms. The summed E-state index contributed by atoms with van der Waals surface area (Å²) in [6.45, 7) is 17.1. The van der Waals surface area contributed by atoms with Crippen LogP contribution in [0, 0.1) is 0 Å². The molecule has 0 aliphatic heterocycles. The summed E-state index contributed by atoms with van der Waals surface area (Å²) in [6.07, 6.45) is 1.79. The van der Waals surface area contributed by atoms with Crippen LogP contribution in [0.2, 0.25) is 39.3 Å². The Morgan fingerprint density at radius 3 is 1.88 bits per heavy atom. The van der Waals surface area contributed by atoms with Gasteiger partial charge in [0.05, 0.1) is 19.5 Å². The molecule has 0 saturated heterocycles. The van der Waals surface area contributed by atoms with Crippen molar-refractivity contribution < 1.29 is 13.6 Å². The molecule has 0 N–H and O–H groups in total. The van der Waals surface area contributed by atoms with Gasteiger partial charge in [-0.25, -0.2) is 0 Å². The van der Waals surface area contributed by atoms with Crippen molar-refractivity contribution in [1.82, 2.24) is 0 Å². The van der Waals surface area contributed by atoms with Crippen molar-refractivity contribution in [3.8, 4) is 0 Å². The molecule has 0 amide bonds. The standard InChI is InChI=1S/C12H28O3Si2/c1-12(11-15-17(5,6)7)10-13-8-9-14-16(2,3)4/h10H,8-9,11H2,1-7H3. The van der Waals surface area contributed by atoms with Gasteiger partial charge in [-0.05, 0) is 51.8 Å². The van der Waals surface area contributed by atoms with E-state index in [1.54, 1.807) is 6.26 Å². The molecule has 0 saturated carbocycles. The maximum Gasteiger partial charge on any atom is 0.184 e. The van der Waals surface area contributed by atoms with E-state index < -0.39 is 16.6 Å². The third-order valence-corrected chi connectivity index (χ3v) is 3.83. The molecule has 0 aromatic rings. The lowest BCUT2D eigenvalue weighted by Crippen LogP contribution is -2.27. The van der Waals surface area contributed by atoms with Gasteiger partial charge in [-0.1, -0.05) is 0 Å². The molecule has 102 valence electrons. The van der Waals surface area contributed by atoms with E-state index in [4.69, 9.17) is 13.6 Å². The van der Waals surface area contributed by atoms with Gasteiger partial charge < -0.3 is 13.6 Å². The van der Waals surface area contributed by atoms with Gasteiger partial charge in [0.25, 0.3) is 0 Å². The van der Waals surface area contributed by atoms with Crippen LogP contribution in [0.5, 0.6) is 0 Å². The van der Waals surface area contributed by atoms with E-state index in [0.717, 1.165) is 5.57 Å². The van der Waals surface area contributed by atoms with E-state index >= 15 is 0 Å². The first-order valence-electron chi connectivity index (χ1n) is 6.15. The maximum atomic E-state index is 5.77. The second-order valence-electron chi connectivity index (χ2n) is 6.20. The van der Waals surface area contributed by atoms with Crippen LogP contribution in [0.3, 0.4) is 0 Å². The van der Waals surface area contributed by atoms with E-state index in [-0.39, 0.29) is 0 Å². The highest BCUT2D eigenvalue weighted by molar-refractivity contribution is 6.70. The predicted octanol–water partition coefficient (Wildman–Crippen LogP) is 3.61. The first-order valence-corrected chi connectivity index (χ1v) is 13.0. The Balaban J connectivity index is 3.64. The maximum absolute atomic E-state index is 5.77. The van der Waals surface area contributed by atoms with E-state index in [1.807, 2.05) is 6.92 Å². The van der Waals surface area contributed by atoms with Gasteiger partial charge in [-0.2, -0.15) is 0 Å². The van der Waals surface area contributed by atoms with Crippen LogP contribution in [0.4, 0.5) is 0 Å². The van der Waals surface area contributed by atoms with Crippen molar-refractivity contribution in [3.05, 3.63) is 11.8 Å². The van der Waals surface area contributed by atoms with Crippen LogP contribution in [0.1, 0.15) is 6.92 Å². The minimum atomic E-state index is -1.41. The molecule has 3 nitrogen and oxygen atoms in total. The van der Waals surface area contributed by atoms with Gasteiger partial charge in [-0.3, -0.25) is 0 Å². The van der Waals surface area contributed by atoms with Gasteiger partial charge >= 0.3 is 0 Å². The summed E-state index contributed by atoms with van der Waals surface area (Å²) in [6, 6.07) is 0. The van der Waals surface area contributed by atoms with Crippen LogP contribution in [-0.4, -0.2) is 36.5 Å². The fraction of sp³-hybridized carbons (Fsp3) is 0.833. The number of ether oxygens (including phenoxy) is 1. The highest BCUT2D eigenvalue weighted by atomic mass is 28.4. The topological polar surface area (TPSA) is 27.7 Å². The summed E-state index contributed by atoms with van der Waals surface area (Å²) >= 11 is 0. The zero-order valence-corrected chi connectivity index (χ0v) is 14.4. The first-order chi connectivity index (χ1) is 7.60. The Morgan fingerprint density at radius 1 is 0.882 bits per heavy atom. The highest BCUT2D eigenvalue weighted by Gasteiger charge is 2.14. The monoisotopic (exact) mass is 276 g/mol. The van der Waals surface area contributed by atoms with Crippen molar-refractivity contribution in [2.75, 3.05) is 19.8 Å². The van der Waals surface area contributed by atoms with E-state index in [9.17, 15) is 0 Å². The fourth-order valence-corrected chi connectivity index (χ4v) is 2.32. The van der Waals surface area contributed by atoms with Gasteiger partial charge in [0.2, 0.25) is 0 Å². The zero-order valence-electron chi connectivity index (χ0n) is 12.4. The molecule has 17 heavy (non-hydrogen) atoms. The Bertz CT molecular complexity index is 239. The SMILES string of the molecule is CC(=COCCO[Si](C)(C)C)CO[Si](C)(C)C. The molecule has 0 aromatic carbocycles. The van der Waals surface area contributed by atoms with Crippen LogP contribution >= 0.6 is 0 Å². The quantitative estimate of drug-likeness (QED) is 0.385. The van der Waals surface area contributed by atoms with Crippen molar-refractivity contribution in [3.63, 3.8) is 0 Å². The van der Waals surface area contributed by atoms with E-state index in [2.05, 4.69) is 39.3 Å². The second-order valence-corrected chi connectivity index (χ2v) is 15.2. The van der Waals surface area contributed by atoms with Gasteiger partial charge in [-0.15, -0.1) is 0 Å². The molecule has 0 aliphatic rings.